The van der Waals surface area contributed by atoms with Gasteiger partial charge in [0.25, 0.3) is 11.8 Å². The van der Waals surface area contributed by atoms with E-state index in [1.54, 1.807) is 6.92 Å². The van der Waals surface area contributed by atoms with Crippen LogP contribution >= 0.6 is 11.3 Å². The molecule has 0 aliphatic heterocycles. The zero-order valence-electron chi connectivity index (χ0n) is 15.1. The molecule has 0 atom stereocenters. The molecule has 5 nitrogen and oxygen atoms in total. The second kappa shape index (κ2) is 8.60. The van der Waals surface area contributed by atoms with Crippen molar-refractivity contribution in [3.05, 3.63) is 86.9 Å². The Morgan fingerprint density at radius 3 is 2.33 bits per heavy atom. The van der Waals surface area contributed by atoms with Gasteiger partial charge in [-0.1, -0.05) is 42.5 Å². The van der Waals surface area contributed by atoms with Gasteiger partial charge in [0.1, 0.15) is 4.88 Å². The van der Waals surface area contributed by atoms with Gasteiger partial charge in [-0.05, 0) is 36.6 Å². The zero-order valence-corrected chi connectivity index (χ0v) is 15.9. The maximum atomic E-state index is 12.3. The van der Waals surface area contributed by atoms with Crippen molar-refractivity contribution in [3.63, 3.8) is 0 Å². The summed E-state index contributed by atoms with van der Waals surface area (Å²) in [4.78, 5) is 28.3. The second-order valence-corrected chi connectivity index (χ2v) is 7.34. The molecule has 138 valence electrons. The van der Waals surface area contributed by atoms with Gasteiger partial charge in [-0.25, -0.2) is 4.98 Å². The lowest BCUT2D eigenvalue weighted by Crippen LogP contribution is -2.25. The van der Waals surface area contributed by atoms with E-state index in [-0.39, 0.29) is 5.91 Å². The Morgan fingerprint density at radius 2 is 1.70 bits per heavy atom. The molecule has 3 rings (SSSR count). The van der Waals surface area contributed by atoms with Crippen LogP contribution in [0.4, 0.5) is 0 Å². The van der Waals surface area contributed by atoms with Gasteiger partial charge in [0.2, 0.25) is 0 Å². The standard InChI is InChI=1S/C21H21N3O2S/c1-14-19(20(22)25)27-18(24-14)11-12-23-21(26)17-9-7-16(8-10-17)13-15-5-3-2-4-6-15/h2-10H,11-13H2,1H3,(H2,22,25)(H,23,26). The third-order valence-corrected chi connectivity index (χ3v) is 5.39. The van der Waals surface area contributed by atoms with Crippen LogP contribution in [0, 0.1) is 6.92 Å². The number of thiazole rings is 1. The van der Waals surface area contributed by atoms with Crippen molar-refractivity contribution in [2.75, 3.05) is 6.54 Å². The van der Waals surface area contributed by atoms with Crippen LogP contribution in [0.2, 0.25) is 0 Å². The maximum absolute atomic E-state index is 12.3. The highest BCUT2D eigenvalue weighted by Crippen LogP contribution is 2.17. The van der Waals surface area contributed by atoms with Gasteiger partial charge in [0.05, 0.1) is 10.7 Å². The van der Waals surface area contributed by atoms with E-state index in [2.05, 4.69) is 22.4 Å². The fourth-order valence-electron chi connectivity index (χ4n) is 2.78. The third kappa shape index (κ3) is 5.01. The van der Waals surface area contributed by atoms with Crippen LogP contribution in [0.5, 0.6) is 0 Å². The fourth-order valence-corrected chi connectivity index (χ4v) is 3.69. The monoisotopic (exact) mass is 379 g/mol. The van der Waals surface area contributed by atoms with Gasteiger partial charge in [0, 0.05) is 18.5 Å². The van der Waals surface area contributed by atoms with Gasteiger partial charge in [-0.2, -0.15) is 0 Å². The Kier molecular flexibility index (Phi) is 5.98. The van der Waals surface area contributed by atoms with Gasteiger partial charge < -0.3 is 11.1 Å². The van der Waals surface area contributed by atoms with Crippen LogP contribution in [-0.2, 0) is 12.8 Å². The van der Waals surface area contributed by atoms with Gasteiger partial charge >= 0.3 is 0 Å². The molecule has 0 aliphatic carbocycles. The normalized spacial score (nSPS) is 10.6. The first kappa shape index (κ1) is 18.8. The third-order valence-electron chi connectivity index (χ3n) is 4.16. The lowest BCUT2D eigenvalue weighted by Gasteiger charge is -2.06. The van der Waals surface area contributed by atoms with E-state index >= 15 is 0 Å². The number of hydrogen-bond acceptors (Lipinski definition) is 4. The molecule has 27 heavy (non-hydrogen) atoms. The summed E-state index contributed by atoms with van der Waals surface area (Å²) < 4.78 is 0. The maximum Gasteiger partial charge on any atom is 0.260 e. The predicted molar refractivity (Wildman–Crippen MR) is 107 cm³/mol. The molecule has 2 amide bonds. The quantitative estimate of drug-likeness (QED) is 0.661. The number of rotatable bonds is 7. The SMILES string of the molecule is Cc1nc(CCNC(=O)c2ccc(Cc3ccccc3)cc2)sc1C(N)=O. The van der Waals surface area contributed by atoms with Crippen molar-refractivity contribution in [1.82, 2.24) is 10.3 Å². The molecule has 1 heterocycles. The van der Waals surface area contributed by atoms with Crippen molar-refractivity contribution in [1.29, 1.82) is 0 Å². The molecule has 0 spiro atoms. The molecular weight excluding hydrogens is 358 g/mol. The topological polar surface area (TPSA) is 85.1 Å². The predicted octanol–water partition coefficient (Wildman–Crippen LogP) is 3.11. The van der Waals surface area contributed by atoms with E-state index in [0.29, 0.717) is 29.1 Å². The van der Waals surface area contributed by atoms with Gasteiger partial charge in [-0.15, -0.1) is 11.3 Å². The molecule has 6 heteroatoms. The number of nitrogens with two attached hydrogens (primary N) is 1. The minimum absolute atomic E-state index is 0.121. The molecule has 0 radical (unpaired) electrons. The van der Waals surface area contributed by atoms with Crippen molar-refractivity contribution in [2.45, 2.75) is 19.8 Å². The van der Waals surface area contributed by atoms with E-state index in [0.717, 1.165) is 17.0 Å². The highest BCUT2D eigenvalue weighted by Gasteiger charge is 2.12. The molecule has 0 bridgehead atoms. The lowest BCUT2D eigenvalue weighted by atomic mass is 10.0. The number of primary amides is 1. The van der Waals surface area contributed by atoms with Crippen LogP contribution < -0.4 is 11.1 Å². The summed E-state index contributed by atoms with van der Waals surface area (Å²) in [7, 11) is 0. The number of nitrogens with zero attached hydrogens (tertiary/aromatic N) is 1. The fraction of sp³-hybridized carbons (Fsp3) is 0.190. The van der Waals surface area contributed by atoms with Crippen molar-refractivity contribution >= 4 is 23.2 Å². The summed E-state index contributed by atoms with van der Waals surface area (Å²) in [5.74, 6) is -0.583. The molecular formula is C21H21N3O2S. The molecule has 0 fully saturated rings. The summed E-state index contributed by atoms with van der Waals surface area (Å²) in [6.07, 6.45) is 1.41. The summed E-state index contributed by atoms with van der Waals surface area (Å²) in [6.45, 7) is 2.21. The molecule has 0 unspecified atom stereocenters. The van der Waals surface area contributed by atoms with E-state index in [9.17, 15) is 9.59 Å². The Morgan fingerprint density at radius 1 is 1.04 bits per heavy atom. The average Bonchev–Trinajstić information content (AvgIpc) is 3.04. The molecule has 3 aromatic rings. The minimum atomic E-state index is -0.462. The van der Waals surface area contributed by atoms with Crippen LogP contribution in [0.15, 0.2) is 54.6 Å². The minimum Gasteiger partial charge on any atom is -0.365 e. The molecule has 2 aromatic carbocycles. The first-order valence-corrected chi connectivity index (χ1v) is 9.52. The highest BCUT2D eigenvalue weighted by molar-refractivity contribution is 7.13. The van der Waals surface area contributed by atoms with E-state index in [1.165, 1.54) is 16.9 Å². The van der Waals surface area contributed by atoms with E-state index < -0.39 is 5.91 Å². The Hall–Kier alpha value is -2.99. The number of hydrogen-bond donors (Lipinski definition) is 2. The van der Waals surface area contributed by atoms with Crippen LogP contribution in [0.25, 0.3) is 0 Å². The van der Waals surface area contributed by atoms with Crippen LogP contribution in [0.1, 0.15) is 41.9 Å². The summed E-state index contributed by atoms with van der Waals surface area (Å²) >= 11 is 1.28. The number of nitrogens with one attached hydrogen (secondary N) is 1. The molecule has 0 aliphatic rings. The molecule has 3 N–H and O–H groups in total. The number of benzene rings is 2. The second-order valence-electron chi connectivity index (χ2n) is 6.25. The van der Waals surface area contributed by atoms with Crippen LogP contribution in [-0.4, -0.2) is 23.3 Å². The first-order chi connectivity index (χ1) is 13.0. The van der Waals surface area contributed by atoms with E-state index in [1.807, 2.05) is 42.5 Å². The number of carbonyl (C=O) groups is 2. The summed E-state index contributed by atoms with van der Waals surface area (Å²) in [5.41, 5.74) is 8.97. The molecule has 0 saturated heterocycles. The summed E-state index contributed by atoms with van der Waals surface area (Å²) in [6, 6.07) is 17.9. The lowest BCUT2D eigenvalue weighted by molar-refractivity contribution is 0.0952. The number of aromatic nitrogens is 1. The number of carbonyl (C=O) groups excluding carboxylic acids is 2. The van der Waals surface area contributed by atoms with Gasteiger partial charge in [-0.3, -0.25) is 9.59 Å². The summed E-state index contributed by atoms with van der Waals surface area (Å²) in [5, 5.41) is 3.68. The Labute approximate surface area is 162 Å². The van der Waals surface area contributed by atoms with Crippen molar-refractivity contribution < 1.29 is 9.59 Å². The Balaban J connectivity index is 1.52. The van der Waals surface area contributed by atoms with Crippen LogP contribution in [0.3, 0.4) is 0 Å². The largest absolute Gasteiger partial charge is 0.365 e. The van der Waals surface area contributed by atoms with Gasteiger partial charge in [0.15, 0.2) is 0 Å². The zero-order chi connectivity index (χ0) is 19.2. The highest BCUT2D eigenvalue weighted by atomic mass is 32.1. The van der Waals surface area contributed by atoms with Crippen molar-refractivity contribution in [3.8, 4) is 0 Å². The smallest absolute Gasteiger partial charge is 0.260 e. The number of aryl methyl sites for hydroxylation is 1. The molecule has 1 aromatic heterocycles. The Bertz CT molecular complexity index is 934. The van der Waals surface area contributed by atoms with E-state index in [4.69, 9.17) is 5.73 Å². The number of amides is 2. The average molecular weight is 379 g/mol. The first-order valence-electron chi connectivity index (χ1n) is 8.70. The molecule has 0 saturated carbocycles. The van der Waals surface area contributed by atoms with Crippen molar-refractivity contribution in [2.24, 2.45) is 5.73 Å².